The number of nitrogens with zero attached hydrogens (tertiary/aromatic N) is 2. The van der Waals surface area contributed by atoms with Crippen molar-refractivity contribution >= 4 is 22.6 Å². The third-order valence-electron chi connectivity index (χ3n) is 3.37. The van der Waals surface area contributed by atoms with Gasteiger partial charge in [0.15, 0.2) is 0 Å². The maximum Gasteiger partial charge on any atom is 0.227 e. The Kier molecular flexibility index (Phi) is 4.23. The second kappa shape index (κ2) is 6.48. The molecule has 0 fully saturated rings. The van der Waals surface area contributed by atoms with Gasteiger partial charge in [-0.15, -0.1) is 0 Å². The molecule has 1 unspecified atom stereocenters. The van der Waals surface area contributed by atoms with E-state index in [0.717, 1.165) is 0 Å². The van der Waals surface area contributed by atoms with Gasteiger partial charge in [-0.3, -0.25) is 14.8 Å². The van der Waals surface area contributed by atoms with Gasteiger partial charge in [0.25, 0.3) is 0 Å². The molecule has 0 saturated heterocycles. The van der Waals surface area contributed by atoms with Gasteiger partial charge in [-0.1, -0.05) is 18.2 Å². The number of anilines is 1. The molecule has 3 rings (SSSR count). The van der Waals surface area contributed by atoms with Crippen LogP contribution in [0.25, 0.3) is 11.0 Å². The van der Waals surface area contributed by atoms with E-state index < -0.39 is 17.9 Å². The molecule has 0 aliphatic carbocycles. The fourth-order valence-electron chi connectivity index (χ4n) is 2.25. The fourth-order valence-corrected chi connectivity index (χ4v) is 2.25. The Balaban J connectivity index is 1.72. The Hall–Kier alpha value is -2.89. The van der Waals surface area contributed by atoms with Gasteiger partial charge in [-0.05, 0) is 29.8 Å². The highest BCUT2D eigenvalue weighted by Crippen LogP contribution is 2.24. The number of hydrogen-bond donors (Lipinski definition) is 1. The van der Waals surface area contributed by atoms with Crippen molar-refractivity contribution < 1.29 is 13.6 Å². The molecule has 1 heterocycles. The summed E-state index contributed by atoms with van der Waals surface area (Å²) in [4.78, 5) is 20.3. The van der Waals surface area contributed by atoms with E-state index in [9.17, 15) is 13.6 Å². The summed E-state index contributed by atoms with van der Waals surface area (Å²) in [6.45, 7) is 0. The van der Waals surface area contributed by atoms with Crippen molar-refractivity contribution in [1.82, 2.24) is 9.97 Å². The Bertz CT molecular complexity index is 831. The van der Waals surface area contributed by atoms with Crippen LogP contribution in [0.3, 0.4) is 0 Å². The maximum atomic E-state index is 14.1. The number of nitrogens with one attached hydrogen (secondary N) is 1. The number of hydrogen-bond acceptors (Lipinski definition) is 3. The number of fused-ring (bicyclic) bond motifs is 1. The first kappa shape index (κ1) is 15.0. The van der Waals surface area contributed by atoms with Gasteiger partial charge in [-0.25, -0.2) is 8.78 Å². The van der Waals surface area contributed by atoms with Crippen LogP contribution in [0.2, 0.25) is 0 Å². The quantitative estimate of drug-likeness (QED) is 0.797. The fraction of sp³-hybridized carbons (Fsp3) is 0.118. The van der Waals surface area contributed by atoms with Crippen molar-refractivity contribution in [2.75, 3.05) is 5.32 Å². The van der Waals surface area contributed by atoms with E-state index in [1.54, 1.807) is 24.4 Å². The van der Waals surface area contributed by atoms with Crippen LogP contribution in [-0.4, -0.2) is 15.9 Å². The van der Waals surface area contributed by atoms with Gasteiger partial charge in [0.05, 0.1) is 17.6 Å². The third kappa shape index (κ3) is 3.48. The number of benzene rings is 2. The highest BCUT2D eigenvalue weighted by atomic mass is 19.1. The van der Waals surface area contributed by atoms with Crippen LogP contribution >= 0.6 is 0 Å². The minimum absolute atomic E-state index is 0.263. The Labute approximate surface area is 131 Å². The summed E-state index contributed by atoms with van der Waals surface area (Å²) in [5.74, 6) is -0.931. The molecule has 3 aromatic rings. The van der Waals surface area contributed by atoms with Gasteiger partial charge in [0.1, 0.15) is 17.5 Å². The number of alkyl halides is 1. The molecule has 1 aromatic heterocycles. The van der Waals surface area contributed by atoms with Gasteiger partial charge in [0, 0.05) is 12.4 Å². The predicted molar refractivity (Wildman–Crippen MR) is 83.0 cm³/mol. The average molecular weight is 313 g/mol. The summed E-state index contributed by atoms with van der Waals surface area (Å²) in [5.41, 5.74) is 1.92. The van der Waals surface area contributed by atoms with Crippen molar-refractivity contribution in [1.29, 1.82) is 0 Å². The largest absolute Gasteiger partial charge is 0.324 e. The monoisotopic (exact) mass is 313 g/mol. The van der Waals surface area contributed by atoms with Crippen LogP contribution in [0.5, 0.6) is 0 Å². The van der Waals surface area contributed by atoms with Gasteiger partial charge >= 0.3 is 0 Å². The number of halogens is 2. The number of amides is 1. The van der Waals surface area contributed by atoms with E-state index >= 15 is 0 Å². The molecule has 1 amide bonds. The van der Waals surface area contributed by atoms with Crippen molar-refractivity contribution in [3.8, 4) is 0 Å². The summed E-state index contributed by atoms with van der Waals surface area (Å²) >= 11 is 0. The molecule has 116 valence electrons. The van der Waals surface area contributed by atoms with Crippen LogP contribution < -0.4 is 5.32 Å². The zero-order valence-corrected chi connectivity index (χ0v) is 12.0. The predicted octanol–water partition coefficient (Wildman–Crippen LogP) is 3.81. The molecule has 0 bridgehead atoms. The summed E-state index contributed by atoms with van der Waals surface area (Å²) in [6.07, 6.45) is 1.22. The van der Waals surface area contributed by atoms with E-state index in [1.807, 2.05) is 0 Å². The molecule has 0 saturated carbocycles. The highest BCUT2D eigenvalue weighted by molar-refractivity contribution is 5.99. The number of para-hydroxylation sites is 1. The van der Waals surface area contributed by atoms with Crippen LogP contribution in [0, 0.1) is 5.82 Å². The standard InChI is InChI=1S/C17H13F2N3O/c18-12-6-4-11(5-7-12)13(19)10-16(23)22-15-3-1-2-14-17(15)21-9-8-20-14/h1-9,13H,10H2,(H,22,23). The first-order valence-electron chi connectivity index (χ1n) is 7.02. The van der Waals surface area contributed by atoms with E-state index in [4.69, 9.17) is 0 Å². The molecule has 0 radical (unpaired) electrons. The minimum atomic E-state index is -1.50. The lowest BCUT2D eigenvalue weighted by atomic mass is 10.1. The number of aromatic nitrogens is 2. The molecular weight excluding hydrogens is 300 g/mol. The smallest absolute Gasteiger partial charge is 0.227 e. The van der Waals surface area contributed by atoms with E-state index in [-0.39, 0.29) is 12.0 Å². The van der Waals surface area contributed by atoms with E-state index in [0.29, 0.717) is 16.7 Å². The van der Waals surface area contributed by atoms with E-state index in [1.165, 1.54) is 30.5 Å². The number of carbonyl (C=O) groups excluding carboxylic acids is 1. The van der Waals surface area contributed by atoms with Crippen LogP contribution in [0.15, 0.2) is 54.9 Å². The first-order chi connectivity index (χ1) is 11.1. The maximum absolute atomic E-state index is 14.1. The summed E-state index contributed by atoms with van der Waals surface area (Å²) in [7, 11) is 0. The number of rotatable bonds is 4. The second-order valence-corrected chi connectivity index (χ2v) is 5.00. The molecule has 0 aliphatic rings. The van der Waals surface area contributed by atoms with Crippen LogP contribution in [-0.2, 0) is 4.79 Å². The van der Waals surface area contributed by atoms with Crippen molar-refractivity contribution in [2.24, 2.45) is 0 Å². The minimum Gasteiger partial charge on any atom is -0.324 e. The molecule has 1 atom stereocenters. The molecule has 6 heteroatoms. The summed E-state index contributed by atoms with van der Waals surface area (Å²) in [6, 6.07) is 10.2. The normalized spacial score (nSPS) is 12.1. The lowest BCUT2D eigenvalue weighted by Crippen LogP contribution is -2.14. The third-order valence-corrected chi connectivity index (χ3v) is 3.37. The van der Waals surface area contributed by atoms with Crippen molar-refractivity contribution in [3.05, 3.63) is 66.2 Å². The Morgan fingerprint density at radius 2 is 1.83 bits per heavy atom. The van der Waals surface area contributed by atoms with Crippen molar-refractivity contribution in [3.63, 3.8) is 0 Å². The van der Waals surface area contributed by atoms with Gasteiger partial charge in [-0.2, -0.15) is 0 Å². The van der Waals surface area contributed by atoms with Crippen LogP contribution in [0.4, 0.5) is 14.5 Å². The molecule has 23 heavy (non-hydrogen) atoms. The lowest BCUT2D eigenvalue weighted by Gasteiger charge is -2.10. The SMILES string of the molecule is O=C(CC(F)c1ccc(F)cc1)Nc1cccc2nccnc12. The molecule has 4 nitrogen and oxygen atoms in total. The van der Waals surface area contributed by atoms with Gasteiger partial charge < -0.3 is 5.32 Å². The molecule has 0 spiro atoms. The lowest BCUT2D eigenvalue weighted by molar-refractivity contribution is -0.117. The topological polar surface area (TPSA) is 54.9 Å². The highest BCUT2D eigenvalue weighted by Gasteiger charge is 2.16. The Morgan fingerprint density at radius 3 is 2.61 bits per heavy atom. The molecule has 0 aliphatic heterocycles. The van der Waals surface area contributed by atoms with Gasteiger partial charge in [0.2, 0.25) is 5.91 Å². The Morgan fingerprint density at radius 1 is 1.09 bits per heavy atom. The first-order valence-corrected chi connectivity index (χ1v) is 7.02. The zero-order chi connectivity index (χ0) is 16.2. The number of carbonyl (C=O) groups is 1. The summed E-state index contributed by atoms with van der Waals surface area (Å²) < 4.78 is 27.0. The van der Waals surface area contributed by atoms with E-state index in [2.05, 4.69) is 15.3 Å². The molecular formula is C17H13F2N3O. The zero-order valence-electron chi connectivity index (χ0n) is 12.0. The summed E-state index contributed by atoms with van der Waals surface area (Å²) in [5, 5.41) is 2.64. The van der Waals surface area contributed by atoms with Crippen molar-refractivity contribution in [2.45, 2.75) is 12.6 Å². The molecule has 2 aromatic carbocycles. The van der Waals surface area contributed by atoms with Crippen LogP contribution in [0.1, 0.15) is 18.2 Å². The second-order valence-electron chi connectivity index (χ2n) is 5.00. The molecule has 1 N–H and O–H groups in total. The average Bonchev–Trinajstić information content (AvgIpc) is 2.55.